The van der Waals surface area contributed by atoms with Gasteiger partial charge in [0, 0.05) is 17.5 Å². The molecule has 0 atom stereocenters. The third-order valence-corrected chi connectivity index (χ3v) is 4.18. The molecular formula is C22H25NO4. The average Bonchev–Trinajstić information content (AvgIpc) is 2.99. The van der Waals surface area contributed by atoms with Crippen molar-refractivity contribution in [1.82, 2.24) is 5.32 Å². The second-order valence-electron chi connectivity index (χ2n) is 7.65. The van der Waals surface area contributed by atoms with Crippen molar-refractivity contribution >= 4 is 17.1 Å². The Morgan fingerprint density at radius 3 is 2.67 bits per heavy atom. The Labute approximate surface area is 159 Å². The summed E-state index contributed by atoms with van der Waals surface area (Å²) in [7, 11) is 0. The van der Waals surface area contributed by atoms with Crippen molar-refractivity contribution in [1.29, 1.82) is 0 Å². The van der Waals surface area contributed by atoms with E-state index >= 15 is 0 Å². The second kappa shape index (κ2) is 7.45. The molecule has 27 heavy (non-hydrogen) atoms. The number of aliphatic hydroxyl groups is 1. The quantitative estimate of drug-likeness (QED) is 0.686. The van der Waals surface area contributed by atoms with Crippen molar-refractivity contribution in [3.63, 3.8) is 0 Å². The molecule has 3 rings (SSSR count). The molecule has 0 spiro atoms. The lowest BCUT2D eigenvalue weighted by atomic mass is 9.98. The molecule has 1 aromatic heterocycles. The van der Waals surface area contributed by atoms with Crippen LogP contribution >= 0.6 is 0 Å². The number of alkyl carbamates (subject to hydrolysis) is 1. The first kappa shape index (κ1) is 19.0. The van der Waals surface area contributed by atoms with E-state index in [1.54, 1.807) is 6.26 Å². The fourth-order valence-electron chi connectivity index (χ4n) is 2.96. The zero-order valence-electron chi connectivity index (χ0n) is 16.1. The van der Waals surface area contributed by atoms with Gasteiger partial charge in [-0.1, -0.05) is 18.2 Å². The van der Waals surface area contributed by atoms with Crippen molar-refractivity contribution in [2.75, 3.05) is 0 Å². The summed E-state index contributed by atoms with van der Waals surface area (Å²) in [6.07, 6.45) is 1.28. The first-order chi connectivity index (χ1) is 12.8. The maximum atomic E-state index is 11.9. The van der Waals surface area contributed by atoms with Crippen LogP contribution in [0.2, 0.25) is 0 Å². The largest absolute Gasteiger partial charge is 0.463 e. The SMILES string of the molecule is Cc1coc2c(-c3cccc(CNC(=O)OC(C)(C)C)c3)cc(CO)cc12. The van der Waals surface area contributed by atoms with Gasteiger partial charge in [0.1, 0.15) is 11.2 Å². The zero-order chi connectivity index (χ0) is 19.6. The number of furan rings is 1. The standard InChI is InChI=1S/C22H25NO4/c1-14-13-26-20-18(14)9-16(12-24)10-19(20)17-7-5-6-15(8-17)11-23-21(25)27-22(2,3)4/h5-10,13,24H,11-12H2,1-4H3,(H,23,25). The summed E-state index contributed by atoms with van der Waals surface area (Å²) in [5.41, 5.74) is 4.96. The Morgan fingerprint density at radius 2 is 1.96 bits per heavy atom. The van der Waals surface area contributed by atoms with E-state index in [9.17, 15) is 9.90 Å². The fourth-order valence-corrected chi connectivity index (χ4v) is 2.96. The predicted molar refractivity (Wildman–Crippen MR) is 105 cm³/mol. The number of amides is 1. The summed E-state index contributed by atoms with van der Waals surface area (Å²) in [4.78, 5) is 11.9. The molecule has 0 radical (unpaired) electrons. The number of aryl methyl sites for hydroxylation is 1. The molecule has 0 saturated heterocycles. The van der Waals surface area contributed by atoms with E-state index in [2.05, 4.69) is 5.32 Å². The average molecular weight is 367 g/mol. The number of ether oxygens (including phenoxy) is 1. The van der Waals surface area contributed by atoms with E-state index in [1.807, 2.05) is 64.1 Å². The van der Waals surface area contributed by atoms with Gasteiger partial charge in [-0.25, -0.2) is 4.79 Å². The van der Waals surface area contributed by atoms with Gasteiger partial charge in [0.25, 0.3) is 0 Å². The van der Waals surface area contributed by atoms with Gasteiger partial charge in [-0.15, -0.1) is 0 Å². The molecule has 2 aromatic carbocycles. The molecule has 3 aromatic rings. The van der Waals surface area contributed by atoms with E-state index in [1.165, 1.54) is 0 Å². The molecule has 0 aliphatic heterocycles. The summed E-state index contributed by atoms with van der Waals surface area (Å²) in [5, 5.41) is 13.4. The van der Waals surface area contributed by atoms with Crippen LogP contribution in [0.25, 0.3) is 22.1 Å². The smallest absolute Gasteiger partial charge is 0.407 e. The van der Waals surface area contributed by atoms with Crippen molar-refractivity contribution in [2.45, 2.75) is 46.4 Å². The first-order valence-corrected chi connectivity index (χ1v) is 8.94. The van der Waals surface area contributed by atoms with Crippen LogP contribution in [0.15, 0.2) is 47.1 Å². The summed E-state index contributed by atoms with van der Waals surface area (Å²) >= 11 is 0. The van der Waals surface area contributed by atoms with Crippen LogP contribution in [0.3, 0.4) is 0 Å². The van der Waals surface area contributed by atoms with Crippen LogP contribution in [-0.4, -0.2) is 16.8 Å². The minimum Gasteiger partial charge on any atom is -0.463 e. The molecule has 0 aliphatic rings. The predicted octanol–water partition coefficient (Wildman–Crippen LogP) is 4.93. The van der Waals surface area contributed by atoms with Gasteiger partial charge >= 0.3 is 6.09 Å². The van der Waals surface area contributed by atoms with E-state index < -0.39 is 11.7 Å². The Hall–Kier alpha value is -2.79. The molecule has 0 aliphatic carbocycles. The van der Waals surface area contributed by atoms with Crippen LogP contribution < -0.4 is 5.32 Å². The summed E-state index contributed by atoms with van der Waals surface area (Å²) in [6.45, 7) is 7.81. The first-order valence-electron chi connectivity index (χ1n) is 8.94. The molecule has 142 valence electrons. The van der Waals surface area contributed by atoms with E-state index in [0.717, 1.165) is 38.8 Å². The topological polar surface area (TPSA) is 71.7 Å². The Balaban J connectivity index is 1.88. The van der Waals surface area contributed by atoms with E-state index in [-0.39, 0.29) is 6.61 Å². The lowest BCUT2D eigenvalue weighted by Crippen LogP contribution is -2.32. The van der Waals surface area contributed by atoms with Crippen molar-refractivity contribution < 1.29 is 19.1 Å². The number of aliphatic hydroxyl groups excluding tert-OH is 1. The van der Waals surface area contributed by atoms with Gasteiger partial charge < -0.3 is 19.6 Å². The minimum atomic E-state index is -0.528. The third-order valence-electron chi connectivity index (χ3n) is 4.18. The lowest BCUT2D eigenvalue weighted by Gasteiger charge is -2.19. The normalized spacial score (nSPS) is 11.6. The zero-order valence-corrected chi connectivity index (χ0v) is 16.1. The van der Waals surface area contributed by atoms with Crippen LogP contribution in [0.4, 0.5) is 4.79 Å². The molecule has 0 saturated carbocycles. The Morgan fingerprint density at radius 1 is 1.19 bits per heavy atom. The molecule has 0 unspecified atom stereocenters. The highest BCUT2D eigenvalue weighted by Crippen LogP contribution is 2.33. The highest BCUT2D eigenvalue weighted by molar-refractivity contribution is 5.95. The number of fused-ring (bicyclic) bond motifs is 1. The van der Waals surface area contributed by atoms with Crippen LogP contribution in [0, 0.1) is 6.92 Å². The van der Waals surface area contributed by atoms with E-state index in [0.29, 0.717) is 6.54 Å². The molecule has 0 fully saturated rings. The van der Waals surface area contributed by atoms with Crippen molar-refractivity contribution in [2.24, 2.45) is 0 Å². The molecule has 0 bridgehead atoms. The third kappa shape index (κ3) is 4.49. The van der Waals surface area contributed by atoms with Crippen LogP contribution in [0.1, 0.15) is 37.5 Å². The number of carbonyl (C=O) groups excluding carboxylic acids is 1. The number of nitrogens with one attached hydrogen (secondary N) is 1. The molecule has 5 heteroatoms. The number of hydrogen-bond acceptors (Lipinski definition) is 4. The van der Waals surface area contributed by atoms with Gasteiger partial charge in [-0.3, -0.25) is 0 Å². The van der Waals surface area contributed by atoms with Crippen molar-refractivity contribution in [3.05, 3.63) is 59.4 Å². The van der Waals surface area contributed by atoms with Crippen LogP contribution in [-0.2, 0) is 17.9 Å². The maximum Gasteiger partial charge on any atom is 0.407 e. The molecular weight excluding hydrogens is 342 g/mol. The Kier molecular flexibility index (Phi) is 5.24. The van der Waals surface area contributed by atoms with Gasteiger partial charge in [-0.2, -0.15) is 0 Å². The van der Waals surface area contributed by atoms with Gasteiger partial charge in [-0.05, 0) is 68.1 Å². The number of carbonyl (C=O) groups is 1. The summed E-state index contributed by atoms with van der Waals surface area (Å²) < 4.78 is 11.0. The highest BCUT2D eigenvalue weighted by Gasteiger charge is 2.16. The monoisotopic (exact) mass is 367 g/mol. The van der Waals surface area contributed by atoms with Gasteiger partial charge in [0.15, 0.2) is 0 Å². The number of rotatable bonds is 4. The second-order valence-corrected chi connectivity index (χ2v) is 7.65. The van der Waals surface area contributed by atoms with E-state index in [4.69, 9.17) is 9.15 Å². The van der Waals surface area contributed by atoms with Gasteiger partial charge in [0.05, 0.1) is 12.9 Å². The van der Waals surface area contributed by atoms with Crippen molar-refractivity contribution in [3.8, 4) is 11.1 Å². The lowest BCUT2D eigenvalue weighted by molar-refractivity contribution is 0.0523. The fraction of sp³-hybridized carbons (Fsp3) is 0.318. The number of hydrogen-bond donors (Lipinski definition) is 2. The summed E-state index contributed by atoms with van der Waals surface area (Å²) in [6, 6.07) is 11.8. The molecule has 2 N–H and O–H groups in total. The highest BCUT2D eigenvalue weighted by atomic mass is 16.6. The molecule has 1 amide bonds. The minimum absolute atomic E-state index is 0.0343. The molecule has 1 heterocycles. The number of benzene rings is 2. The molecule has 5 nitrogen and oxygen atoms in total. The van der Waals surface area contributed by atoms with Gasteiger partial charge in [0.2, 0.25) is 0 Å². The maximum absolute atomic E-state index is 11.9. The summed E-state index contributed by atoms with van der Waals surface area (Å²) in [5.74, 6) is 0. The Bertz CT molecular complexity index is 966. The van der Waals surface area contributed by atoms with Crippen LogP contribution in [0.5, 0.6) is 0 Å².